The largest absolute Gasteiger partial charge is 0.381 e. The van der Waals surface area contributed by atoms with Crippen molar-refractivity contribution in [3.8, 4) is 0 Å². The highest BCUT2D eigenvalue weighted by molar-refractivity contribution is 5.48. The molecule has 3 N–H and O–H groups in total. The number of aryl methyl sites for hydroxylation is 1. The van der Waals surface area contributed by atoms with Crippen molar-refractivity contribution in [2.45, 2.75) is 25.8 Å². The number of nitrogens with one attached hydrogen (secondary N) is 3. The Morgan fingerprint density at radius 2 is 1.95 bits per heavy atom. The molecule has 1 saturated heterocycles. The van der Waals surface area contributed by atoms with Gasteiger partial charge in [0.1, 0.15) is 17.5 Å². The lowest BCUT2D eigenvalue weighted by atomic mass is 10.1. The van der Waals surface area contributed by atoms with E-state index in [0.29, 0.717) is 6.04 Å². The molecule has 0 atom stereocenters. The third-order valence-electron chi connectivity index (χ3n) is 3.09. The first-order valence-corrected chi connectivity index (χ1v) is 6.86. The number of hydrogen-bond donors (Lipinski definition) is 3. The van der Waals surface area contributed by atoms with Gasteiger partial charge >= 0.3 is 0 Å². The first-order chi connectivity index (χ1) is 9.28. The lowest BCUT2D eigenvalue weighted by Crippen LogP contribution is -2.28. The van der Waals surface area contributed by atoms with E-state index in [9.17, 15) is 0 Å². The number of hydrogen-bond acceptors (Lipinski definition) is 6. The molecule has 2 rings (SSSR count). The molecule has 0 spiro atoms. The van der Waals surface area contributed by atoms with Gasteiger partial charge in [0, 0.05) is 38.4 Å². The van der Waals surface area contributed by atoms with Crippen LogP contribution in [0.1, 0.15) is 18.7 Å². The Hall–Kier alpha value is -1.40. The standard InChI is InChI=1S/C13H23N5O/c1-10-16-12(15-6-5-14-2)9-13(17-10)18-11-3-7-19-8-4-11/h9,11,14H,3-8H2,1-2H3,(H2,15,16,17,18). The quantitative estimate of drug-likeness (QED) is 0.667. The Kier molecular flexibility index (Phi) is 5.35. The number of likely N-dealkylation sites (N-methyl/N-ethyl adjacent to an activating group) is 1. The van der Waals surface area contributed by atoms with Crippen LogP contribution in [-0.4, -0.2) is 49.4 Å². The van der Waals surface area contributed by atoms with Crippen molar-refractivity contribution in [2.75, 3.05) is 44.0 Å². The van der Waals surface area contributed by atoms with Crippen LogP contribution in [0.3, 0.4) is 0 Å². The SMILES string of the molecule is CNCCNc1cc(NC2CCOCC2)nc(C)n1. The fourth-order valence-electron chi connectivity index (χ4n) is 2.10. The molecule has 2 heterocycles. The van der Waals surface area contributed by atoms with Crippen LogP contribution < -0.4 is 16.0 Å². The molecule has 6 heteroatoms. The van der Waals surface area contributed by atoms with Crippen molar-refractivity contribution < 1.29 is 4.74 Å². The van der Waals surface area contributed by atoms with E-state index in [4.69, 9.17) is 4.74 Å². The Bertz CT molecular complexity index is 393. The van der Waals surface area contributed by atoms with E-state index in [-0.39, 0.29) is 0 Å². The van der Waals surface area contributed by atoms with Crippen LogP contribution in [0.15, 0.2) is 6.07 Å². The summed E-state index contributed by atoms with van der Waals surface area (Å²) in [5, 5.41) is 9.85. The van der Waals surface area contributed by atoms with Gasteiger partial charge in [0.15, 0.2) is 0 Å². The zero-order valence-corrected chi connectivity index (χ0v) is 11.7. The summed E-state index contributed by atoms with van der Waals surface area (Å²) in [6, 6.07) is 2.42. The highest BCUT2D eigenvalue weighted by Crippen LogP contribution is 2.16. The molecule has 19 heavy (non-hydrogen) atoms. The van der Waals surface area contributed by atoms with Gasteiger partial charge in [-0.15, -0.1) is 0 Å². The first kappa shape index (κ1) is 14.0. The van der Waals surface area contributed by atoms with Gasteiger partial charge in [-0.2, -0.15) is 0 Å². The molecule has 0 aromatic carbocycles. The van der Waals surface area contributed by atoms with Gasteiger partial charge in [-0.05, 0) is 26.8 Å². The van der Waals surface area contributed by atoms with Crippen molar-refractivity contribution in [3.63, 3.8) is 0 Å². The molecule has 1 aliphatic heterocycles. The zero-order valence-electron chi connectivity index (χ0n) is 11.7. The average Bonchev–Trinajstić information content (AvgIpc) is 2.39. The van der Waals surface area contributed by atoms with Crippen molar-refractivity contribution in [1.29, 1.82) is 0 Å². The van der Waals surface area contributed by atoms with Crippen LogP contribution >= 0.6 is 0 Å². The van der Waals surface area contributed by atoms with Crippen LogP contribution in [0.25, 0.3) is 0 Å². The fourth-order valence-corrected chi connectivity index (χ4v) is 2.10. The summed E-state index contributed by atoms with van der Waals surface area (Å²) >= 11 is 0. The number of ether oxygens (including phenoxy) is 1. The Labute approximate surface area is 114 Å². The monoisotopic (exact) mass is 265 g/mol. The van der Waals surface area contributed by atoms with Gasteiger partial charge in [-0.3, -0.25) is 0 Å². The molecule has 1 fully saturated rings. The fraction of sp³-hybridized carbons (Fsp3) is 0.692. The molecule has 0 amide bonds. The van der Waals surface area contributed by atoms with Crippen molar-refractivity contribution in [3.05, 3.63) is 11.9 Å². The van der Waals surface area contributed by atoms with E-state index < -0.39 is 0 Å². The summed E-state index contributed by atoms with van der Waals surface area (Å²) in [6.07, 6.45) is 2.07. The Morgan fingerprint density at radius 1 is 1.21 bits per heavy atom. The average molecular weight is 265 g/mol. The lowest BCUT2D eigenvalue weighted by Gasteiger charge is -2.23. The van der Waals surface area contributed by atoms with Gasteiger partial charge in [0.05, 0.1) is 0 Å². The molecule has 0 unspecified atom stereocenters. The maximum absolute atomic E-state index is 5.36. The molecule has 0 saturated carbocycles. The zero-order chi connectivity index (χ0) is 13.5. The van der Waals surface area contributed by atoms with Crippen LogP contribution in [-0.2, 0) is 4.74 Å². The van der Waals surface area contributed by atoms with E-state index in [1.165, 1.54) is 0 Å². The molecule has 1 aromatic heterocycles. The number of rotatable bonds is 6. The van der Waals surface area contributed by atoms with E-state index in [0.717, 1.165) is 56.6 Å². The number of anilines is 2. The second-order valence-electron chi connectivity index (χ2n) is 4.75. The van der Waals surface area contributed by atoms with Crippen LogP contribution in [0.5, 0.6) is 0 Å². The number of aromatic nitrogens is 2. The smallest absolute Gasteiger partial charge is 0.132 e. The van der Waals surface area contributed by atoms with Gasteiger partial charge in [0.25, 0.3) is 0 Å². The topological polar surface area (TPSA) is 71.1 Å². The second kappa shape index (κ2) is 7.25. The minimum absolute atomic E-state index is 0.452. The third kappa shape index (κ3) is 4.65. The van der Waals surface area contributed by atoms with Gasteiger partial charge in [-0.25, -0.2) is 9.97 Å². The molecule has 1 aromatic rings. The van der Waals surface area contributed by atoms with Crippen LogP contribution in [0, 0.1) is 6.92 Å². The van der Waals surface area contributed by atoms with Gasteiger partial charge in [0.2, 0.25) is 0 Å². The molecule has 0 aliphatic carbocycles. The molecule has 6 nitrogen and oxygen atoms in total. The van der Waals surface area contributed by atoms with Gasteiger partial charge in [-0.1, -0.05) is 0 Å². The molecule has 1 aliphatic rings. The second-order valence-corrected chi connectivity index (χ2v) is 4.75. The summed E-state index contributed by atoms with van der Waals surface area (Å²) in [6.45, 7) is 5.33. The third-order valence-corrected chi connectivity index (χ3v) is 3.09. The predicted molar refractivity (Wildman–Crippen MR) is 76.6 cm³/mol. The first-order valence-electron chi connectivity index (χ1n) is 6.86. The minimum atomic E-state index is 0.452. The normalized spacial score (nSPS) is 16.3. The summed E-state index contributed by atoms with van der Waals surface area (Å²) < 4.78 is 5.36. The predicted octanol–water partition coefficient (Wildman–Crippen LogP) is 1.01. The minimum Gasteiger partial charge on any atom is -0.381 e. The maximum Gasteiger partial charge on any atom is 0.132 e. The maximum atomic E-state index is 5.36. The summed E-state index contributed by atoms with van der Waals surface area (Å²) in [5.74, 6) is 2.55. The Balaban J connectivity index is 1.95. The summed E-state index contributed by atoms with van der Waals surface area (Å²) in [4.78, 5) is 8.82. The van der Waals surface area contributed by atoms with Crippen LogP contribution in [0.4, 0.5) is 11.6 Å². The molecule has 0 bridgehead atoms. The van der Waals surface area contributed by atoms with Gasteiger partial charge < -0.3 is 20.7 Å². The van der Waals surface area contributed by atoms with E-state index in [2.05, 4.69) is 25.9 Å². The molecule has 106 valence electrons. The van der Waals surface area contributed by atoms with E-state index in [1.54, 1.807) is 0 Å². The molecular formula is C13H23N5O. The molecule has 0 radical (unpaired) electrons. The lowest BCUT2D eigenvalue weighted by molar-refractivity contribution is 0.0904. The van der Waals surface area contributed by atoms with Crippen LogP contribution in [0.2, 0.25) is 0 Å². The van der Waals surface area contributed by atoms with Crippen molar-refractivity contribution in [1.82, 2.24) is 15.3 Å². The highest BCUT2D eigenvalue weighted by Gasteiger charge is 2.14. The Morgan fingerprint density at radius 3 is 2.68 bits per heavy atom. The van der Waals surface area contributed by atoms with Crippen molar-refractivity contribution >= 4 is 11.6 Å². The highest BCUT2D eigenvalue weighted by atomic mass is 16.5. The molecular weight excluding hydrogens is 242 g/mol. The van der Waals surface area contributed by atoms with E-state index in [1.807, 2.05) is 20.0 Å². The van der Waals surface area contributed by atoms with Crippen molar-refractivity contribution in [2.24, 2.45) is 0 Å². The number of nitrogens with zero attached hydrogens (tertiary/aromatic N) is 2. The van der Waals surface area contributed by atoms with E-state index >= 15 is 0 Å². The summed E-state index contributed by atoms with van der Waals surface area (Å²) in [5.41, 5.74) is 0. The summed E-state index contributed by atoms with van der Waals surface area (Å²) in [7, 11) is 1.94.